The molecule has 1 aromatic carbocycles. The summed E-state index contributed by atoms with van der Waals surface area (Å²) in [5, 5.41) is 9.62. The second-order valence-electron chi connectivity index (χ2n) is 6.66. The molecule has 1 aromatic heterocycles. The third-order valence-electron chi connectivity index (χ3n) is 4.87. The van der Waals surface area contributed by atoms with Crippen LogP contribution in [0.15, 0.2) is 28.7 Å². The quantitative estimate of drug-likeness (QED) is 0.780. The molecule has 2 aliphatic rings. The summed E-state index contributed by atoms with van der Waals surface area (Å²) in [5.41, 5.74) is 1.61. The number of aromatic nitrogens is 2. The van der Waals surface area contributed by atoms with E-state index in [0.29, 0.717) is 17.9 Å². The van der Waals surface area contributed by atoms with Gasteiger partial charge < -0.3 is 15.1 Å². The second kappa shape index (κ2) is 7.22. The van der Waals surface area contributed by atoms with Crippen LogP contribution in [0.1, 0.15) is 23.2 Å². The number of benzene rings is 1. The van der Waals surface area contributed by atoms with Crippen LogP contribution in [0, 0.1) is 0 Å². The van der Waals surface area contributed by atoms with Gasteiger partial charge in [0, 0.05) is 48.5 Å². The van der Waals surface area contributed by atoms with Crippen molar-refractivity contribution < 1.29 is 9.59 Å². The monoisotopic (exact) mass is 432 g/mol. The number of hydrogen-bond acceptors (Lipinski definition) is 4. The molecule has 0 saturated carbocycles. The zero-order valence-corrected chi connectivity index (χ0v) is 16.6. The lowest BCUT2D eigenvalue weighted by atomic mass is 10.1. The molecule has 0 atom stereocenters. The van der Waals surface area contributed by atoms with Crippen LogP contribution in [0.3, 0.4) is 0 Å². The molecule has 2 aromatic rings. The van der Waals surface area contributed by atoms with E-state index in [9.17, 15) is 9.59 Å². The van der Waals surface area contributed by atoms with Crippen LogP contribution in [0.5, 0.6) is 0 Å². The van der Waals surface area contributed by atoms with E-state index in [2.05, 4.69) is 36.6 Å². The van der Waals surface area contributed by atoms with Crippen molar-refractivity contribution >= 4 is 45.2 Å². The van der Waals surface area contributed by atoms with Crippen molar-refractivity contribution in [3.63, 3.8) is 0 Å². The Hall–Kier alpha value is -2.55. The Labute approximate surface area is 165 Å². The Morgan fingerprint density at radius 1 is 1.07 bits per heavy atom. The van der Waals surface area contributed by atoms with E-state index >= 15 is 0 Å². The molecule has 1 saturated heterocycles. The van der Waals surface area contributed by atoms with E-state index in [1.54, 1.807) is 7.05 Å². The molecule has 1 fully saturated rings. The number of carbonyl (C=O) groups is 2. The summed E-state index contributed by atoms with van der Waals surface area (Å²) in [5.74, 6) is 1.46. The van der Waals surface area contributed by atoms with Gasteiger partial charge in [-0.05, 0) is 31.0 Å². The number of likely N-dealkylation sites (tertiary alicyclic amines) is 1. The molecule has 0 aliphatic carbocycles. The standard InChI is InChI=1S/C18H21BrN6O2/c1-20-18(27)21-15-11-16-24(6-7-25(16)22-15)14-9-12(8-13(19)10-14)17(26)23-4-2-3-5-23/h8-11H,2-7H2,1H3,(H2,20,21,22,27). The number of fused-ring (bicyclic) bond motifs is 1. The predicted octanol–water partition coefficient (Wildman–Crippen LogP) is 2.78. The third-order valence-corrected chi connectivity index (χ3v) is 5.33. The summed E-state index contributed by atoms with van der Waals surface area (Å²) in [4.78, 5) is 28.3. The maximum Gasteiger partial charge on any atom is 0.320 e. The van der Waals surface area contributed by atoms with E-state index in [4.69, 9.17) is 0 Å². The zero-order valence-electron chi connectivity index (χ0n) is 15.0. The lowest BCUT2D eigenvalue weighted by Gasteiger charge is -2.20. The van der Waals surface area contributed by atoms with Gasteiger partial charge in [-0.15, -0.1) is 0 Å². The molecule has 27 heavy (non-hydrogen) atoms. The Balaban J connectivity index is 1.61. The van der Waals surface area contributed by atoms with E-state index in [0.717, 1.165) is 48.5 Å². The summed E-state index contributed by atoms with van der Waals surface area (Å²) in [7, 11) is 1.56. The highest BCUT2D eigenvalue weighted by Gasteiger charge is 2.26. The normalized spacial score (nSPS) is 15.8. The maximum absolute atomic E-state index is 12.8. The van der Waals surface area contributed by atoms with Crippen LogP contribution >= 0.6 is 15.9 Å². The highest BCUT2D eigenvalue weighted by atomic mass is 79.9. The molecule has 3 amide bonds. The van der Waals surface area contributed by atoms with E-state index in [1.807, 2.05) is 33.8 Å². The number of hydrogen-bond donors (Lipinski definition) is 2. The predicted molar refractivity (Wildman–Crippen MR) is 107 cm³/mol. The Morgan fingerprint density at radius 3 is 2.59 bits per heavy atom. The van der Waals surface area contributed by atoms with Gasteiger partial charge >= 0.3 is 6.03 Å². The number of nitrogens with zero attached hydrogens (tertiary/aromatic N) is 4. The second-order valence-corrected chi connectivity index (χ2v) is 7.58. The summed E-state index contributed by atoms with van der Waals surface area (Å²) >= 11 is 3.54. The van der Waals surface area contributed by atoms with Gasteiger partial charge in [0.15, 0.2) is 5.82 Å². The van der Waals surface area contributed by atoms with Gasteiger partial charge in [0.1, 0.15) is 5.82 Å². The highest BCUT2D eigenvalue weighted by Crippen LogP contribution is 2.34. The minimum atomic E-state index is -0.306. The first kappa shape index (κ1) is 17.8. The fraction of sp³-hybridized carbons (Fsp3) is 0.389. The van der Waals surface area contributed by atoms with E-state index in [-0.39, 0.29) is 11.9 Å². The summed E-state index contributed by atoms with van der Waals surface area (Å²) in [6.45, 7) is 3.13. The van der Waals surface area contributed by atoms with Crippen LogP contribution in [0.4, 0.5) is 22.1 Å². The lowest BCUT2D eigenvalue weighted by Crippen LogP contribution is -2.27. The van der Waals surface area contributed by atoms with Crippen molar-refractivity contribution in [2.75, 3.05) is 36.9 Å². The molecule has 0 bridgehead atoms. The fourth-order valence-corrected chi connectivity index (χ4v) is 4.04. The first-order valence-electron chi connectivity index (χ1n) is 8.99. The zero-order chi connectivity index (χ0) is 19.0. The third kappa shape index (κ3) is 3.51. The van der Waals surface area contributed by atoms with Gasteiger partial charge in [-0.3, -0.25) is 10.1 Å². The molecule has 4 rings (SSSR count). The number of nitrogens with one attached hydrogen (secondary N) is 2. The van der Waals surface area contributed by atoms with Crippen LogP contribution in [-0.2, 0) is 6.54 Å². The first-order chi connectivity index (χ1) is 13.0. The fourth-order valence-electron chi connectivity index (χ4n) is 3.56. The van der Waals surface area contributed by atoms with Crippen molar-refractivity contribution in [2.45, 2.75) is 19.4 Å². The summed E-state index contributed by atoms with van der Waals surface area (Å²) in [6, 6.07) is 7.33. The average molecular weight is 433 g/mol. The minimum Gasteiger partial charge on any atom is -0.341 e. The Morgan fingerprint density at radius 2 is 1.85 bits per heavy atom. The minimum absolute atomic E-state index is 0.0738. The highest BCUT2D eigenvalue weighted by molar-refractivity contribution is 9.10. The Bertz CT molecular complexity index is 890. The van der Waals surface area contributed by atoms with Crippen molar-refractivity contribution in [3.05, 3.63) is 34.3 Å². The van der Waals surface area contributed by atoms with Gasteiger partial charge in [0.2, 0.25) is 0 Å². The Kier molecular flexibility index (Phi) is 4.77. The van der Waals surface area contributed by atoms with Crippen molar-refractivity contribution in [2.24, 2.45) is 0 Å². The van der Waals surface area contributed by atoms with Gasteiger partial charge in [-0.1, -0.05) is 15.9 Å². The van der Waals surface area contributed by atoms with Crippen LogP contribution < -0.4 is 15.5 Å². The van der Waals surface area contributed by atoms with Crippen LogP contribution in [-0.4, -0.2) is 53.3 Å². The van der Waals surface area contributed by atoms with Gasteiger partial charge in [0.05, 0.1) is 6.54 Å². The molecule has 2 aliphatic heterocycles. The van der Waals surface area contributed by atoms with Crippen molar-refractivity contribution in [1.29, 1.82) is 0 Å². The van der Waals surface area contributed by atoms with Crippen LogP contribution in [0.2, 0.25) is 0 Å². The molecule has 9 heteroatoms. The summed E-state index contributed by atoms with van der Waals surface area (Å²) < 4.78 is 2.72. The van der Waals surface area contributed by atoms with E-state index < -0.39 is 0 Å². The average Bonchev–Trinajstić information content (AvgIpc) is 3.37. The van der Waals surface area contributed by atoms with Gasteiger partial charge in [0.25, 0.3) is 5.91 Å². The molecule has 3 heterocycles. The number of carbonyl (C=O) groups excluding carboxylic acids is 2. The molecule has 0 radical (unpaired) electrons. The van der Waals surface area contributed by atoms with Crippen LogP contribution in [0.25, 0.3) is 0 Å². The maximum atomic E-state index is 12.8. The number of anilines is 3. The lowest BCUT2D eigenvalue weighted by molar-refractivity contribution is 0.0792. The molecule has 2 N–H and O–H groups in total. The number of rotatable bonds is 3. The topological polar surface area (TPSA) is 82.5 Å². The number of urea groups is 1. The van der Waals surface area contributed by atoms with Crippen molar-refractivity contribution in [3.8, 4) is 0 Å². The molecular formula is C18H21BrN6O2. The SMILES string of the molecule is CNC(=O)Nc1cc2n(n1)CCN2c1cc(Br)cc(C(=O)N2CCCC2)c1. The smallest absolute Gasteiger partial charge is 0.320 e. The van der Waals surface area contributed by atoms with Gasteiger partial charge in [-0.25, -0.2) is 9.48 Å². The summed E-state index contributed by atoms with van der Waals surface area (Å²) in [6.07, 6.45) is 2.14. The largest absolute Gasteiger partial charge is 0.341 e. The molecular weight excluding hydrogens is 412 g/mol. The number of halogens is 1. The first-order valence-corrected chi connectivity index (χ1v) is 9.78. The van der Waals surface area contributed by atoms with Crippen molar-refractivity contribution in [1.82, 2.24) is 20.0 Å². The molecule has 142 valence electrons. The molecule has 0 spiro atoms. The molecule has 0 unspecified atom stereocenters. The van der Waals surface area contributed by atoms with E-state index in [1.165, 1.54) is 0 Å². The molecule has 8 nitrogen and oxygen atoms in total. The number of amides is 3. The van der Waals surface area contributed by atoms with Gasteiger partial charge in [-0.2, -0.15) is 5.10 Å².